The first-order valence-corrected chi connectivity index (χ1v) is 9.30. The zero-order valence-corrected chi connectivity index (χ0v) is 13.9. The van der Waals surface area contributed by atoms with Crippen molar-refractivity contribution in [2.45, 2.75) is 75.7 Å². The van der Waals surface area contributed by atoms with Crippen LogP contribution in [-0.2, 0) is 11.8 Å². The highest BCUT2D eigenvalue weighted by atomic mass is 16.5. The Hall–Kier alpha value is -1.36. The molecule has 126 valence electrons. The highest BCUT2D eigenvalue weighted by Crippen LogP contribution is 2.49. The molecular formula is C18H28N4O. The first-order chi connectivity index (χ1) is 11.3. The molecule has 5 nitrogen and oxygen atoms in total. The fourth-order valence-electron chi connectivity index (χ4n) is 4.77. The molecule has 1 aromatic rings. The van der Waals surface area contributed by atoms with Gasteiger partial charge < -0.3 is 15.8 Å². The monoisotopic (exact) mass is 316 g/mol. The van der Waals surface area contributed by atoms with E-state index in [1.165, 1.54) is 69.0 Å². The van der Waals surface area contributed by atoms with Crippen LogP contribution < -0.4 is 15.8 Å². The van der Waals surface area contributed by atoms with E-state index in [4.69, 9.17) is 10.5 Å². The number of piperidine rings is 1. The van der Waals surface area contributed by atoms with Crippen molar-refractivity contribution in [2.24, 2.45) is 0 Å². The number of rotatable bonds is 3. The third-order valence-corrected chi connectivity index (χ3v) is 5.97. The molecule has 0 radical (unpaired) electrons. The molecule has 1 saturated carbocycles. The maximum Gasteiger partial charge on any atom is 0.223 e. The number of nitrogens with zero attached hydrogens (tertiary/aromatic N) is 2. The van der Waals surface area contributed by atoms with E-state index in [2.05, 4.69) is 15.3 Å². The predicted molar refractivity (Wildman–Crippen MR) is 90.7 cm³/mol. The number of nitrogen functional groups attached to an aromatic ring is 1. The molecule has 1 aromatic heterocycles. The topological polar surface area (TPSA) is 73.1 Å². The summed E-state index contributed by atoms with van der Waals surface area (Å²) in [6.45, 7) is 1.79. The van der Waals surface area contributed by atoms with Gasteiger partial charge in [0.15, 0.2) is 0 Å². The van der Waals surface area contributed by atoms with Gasteiger partial charge in [-0.05, 0) is 51.5 Å². The molecule has 1 saturated heterocycles. The summed E-state index contributed by atoms with van der Waals surface area (Å²) in [4.78, 5) is 9.12. The second-order valence-electron chi connectivity index (χ2n) is 7.51. The summed E-state index contributed by atoms with van der Waals surface area (Å²) in [6, 6.07) is 0.444. The first kappa shape index (κ1) is 15.2. The highest BCUT2D eigenvalue weighted by Gasteiger charge is 2.42. The highest BCUT2D eigenvalue weighted by molar-refractivity contribution is 5.42. The molecular weight excluding hydrogens is 288 g/mol. The van der Waals surface area contributed by atoms with Crippen molar-refractivity contribution in [2.75, 3.05) is 18.9 Å². The molecule has 23 heavy (non-hydrogen) atoms. The predicted octanol–water partition coefficient (Wildman–Crippen LogP) is 2.73. The summed E-state index contributed by atoms with van der Waals surface area (Å²) in [6.07, 6.45) is 12.4. The smallest absolute Gasteiger partial charge is 0.223 e. The van der Waals surface area contributed by atoms with Crippen LogP contribution in [0, 0.1) is 0 Å². The van der Waals surface area contributed by atoms with Gasteiger partial charge in [-0.15, -0.1) is 0 Å². The van der Waals surface area contributed by atoms with E-state index in [0.29, 0.717) is 18.6 Å². The second kappa shape index (κ2) is 6.27. The molecule has 0 unspecified atom stereocenters. The van der Waals surface area contributed by atoms with Gasteiger partial charge in [-0.25, -0.2) is 4.98 Å². The quantitative estimate of drug-likeness (QED) is 0.897. The van der Waals surface area contributed by atoms with Crippen LogP contribution in [-0.4, -0.2) is 29.2 Å². The van der Waals surface area contributed by atoms with Crippen molar-refractivity contribution in [3.63, 3.8) is 0 Å². The number of nitrogens with one attached hydrogen (secondary N) is 1. The number of hydrogen-bond acceptors (Lipinski definition) is 5. The standard InChI is InChI=1S/C18H28N4O/c19-17-21-15-14(7-5-10-18(15)8-2-3-9-18)16(22-17)23-12-13-6-1-4-11-20-13/h13,20H,1-12H2,(H2,19,21,22)/t13-/m0/s1. The lowest BCUT2D eigenvalue weighted by molar-refractivity contribution is 0.226. The van der Waals surface area contributed by atoms with Crippen LogP contribution in [0.15, 0.2) is 0 Å². The zero-order chi connectivity index (χ0) is 15.7. The third kappa shape index (κ3) is 2.91. The molecule has 2 heterocycles. The van der Waals surface area contributed by atoms with Crippen molar-refractivity contribution in [3.05, 3.63) is 11.3 Å². The van der Waals surface area contributed by atoms with Crippen molar-refractivity contribution in [1.82, 2.24) is 15.3 Å². The number of ether oxygens (including phenoxy) is 1. The minimum absolute atomic E-state index is 0.256. The fraction of sp³-hybridized carbons (Fsp3) is 0.778. The molecule has 0 bridgehead atoms. The summed E-state index contributed by atoms with van der Waals surface area (Å²) < 4.78 is 6.13. The van der Waals surface area contributed by atoms with Crippen LogP contribution in [0.2, 0.25) is 0 Å². The van der Waals surface area contributed by atoms with E-state index in [0.717, 1.165) is 18.8 Å². The van der Waals surface area contributed by atoms with Gasteiger partial charge in [0.25, 0.3) is 0 Å². The SMILES string of the molecule is Nc1nc(OC[C@@H]2CCCCN2)c2c(n1)C1(CCCC1)CCC2. The molecule has 1 spiro atoms. The van der Waals surface area contributed by atoms with E-state index >= 15 is 0 Å². The molecule has 1 aliphatic heterocycles. The van der Waals surface area contributed by atoms with E-state index in [1.54, 1.807) is 0 Å². The van der Waals surface area contributed by atoms with Crippen LogP contribution in [0.25, 0.3) is 0 Å². The maximum absolute atomic E-state index is 6.13. The van der Waals surface area contributed by atoms with Crippen LogP contribution in [0.3, 0.4) is 0 Å². The molecule has 1 atom stereocenters. The van der Waals surface area contributed by atoms with Crippen molar-refractivity contribution in [3.8, 4) is 5.88 Å². The van der Waals surface area contributed by atoms with E-state index < -0.39 is 0 Å². The molecule has 0 aromatic carbocycles. The molecule has 3 aliphatic rings. The molecule has 0 amide bonds. The fourth-order valence-corrected chi connectivity index (χ4v) is 4.77. The van der Waals surface area contributed by atoms with E-state index in [-0.39, 0.29) is 5.41 Å². The van der Waals surface area contributed by atoms with Gasteiger partial charge in [0.1, 0.15) is 6.61 Å². The zero-order valence-electron chi connectivity index (χ0n) is 13.9. The Bertz CT molecular complexity index is 562. The third-order valence-electron chi connectivity index (χ3n) is 5.97. The minimum Gasteiger partial charge on any atom is -0.476 e. The van der Waals surface area contributed by atoms with E-state index in [9.17, 15) is 0 Å². The van der Waals surface area contributed by atoms with Gasteiger partial charge in [0.2, 0.25) is 11.8 Å². The van der Waals surface area contributed by atoms with Gasteiger partial charge in [-0.2, -0.15) is 4.98 Å². The van der Waals surface area contributed by atoms with E-state index in [1.807, 2.05) is 0 Å². The van der Waals surface area contributed by atoms with Crippen molar-refractivity contribution < 1.29 is 4.74 Å². The van der Waals surface area contributed by atoms with Crippen LogP contribution in [0.4, 0.5) is 5.95 Å². The summed E-state index contributed by atoms with van der Waals surface area (Å²) in [5.41, 5.74) is 8.73. The van der Waals surface area contributed by atoms with Crippen molar-refractivity contribution >= 4 is 5.95 Å². The summed E-state index contributed by atoms with van der Waals surface area (Å²) >= 11 is 0. The minimum atomic E-state index is 0.256. The van der Waals surface area contributed by atoms with Crippen molar-refractivity contribution in [1.29, 1.82) is 0 Å². The van der Waals surface area contributed by atoms with Gasteiger partial charge in [-0.3, -0.25) is 0 Å². The first-order valence-electron chi connectivity index (χ1n) is 9.30. The summed E-state index contributed by atoms with van der Waals surface area (Å²) in [5.74, 6) is 1.13. The maximum atomic E-state index is 6.13. The summed E-state index contributed by atoms with van der Waals surface area (Å²) in [7, 11) is 0. The number of anilines is 1. The molecule has 2 aliphatic carbocycles. The van der Waals surface area contributed by atoms with Gasteiger partial charge >= 0.3 is 0 Å². The van der Waals surface area contributed by atoms with Crippen LogP contribution in [0.5, 0.6) is 5.88 Å². The number of nitrogens with two attached hydrogens (primary N) is 1. The summed E-state index contributed by atoms with van der Waals surface area (Å²) in [5, 5.41) is 3.53. The molecule has 3 N–H and O–H groups in total. The number of aromatic nitrogens is 2. The largest absolute Gasteiger partial charge is 0.476 e. The lowest BCUT2D eigenvalue weighted by Crippen LogP contribution is -2.39. The van der Waals surface area contributed by atoms with Gasteiger partial charge in [0, 0.05) is 17.0 Å². The Balaban J connectivity index is 1.58. The number of fused-ring (bicyclic) bond motifs is 2. The molecule has 5 heteroatoms. The lowest BCUT2D eigenvalue weighted by atomic mass is 9.72. The van der Waals surface area contributed by atoms with Gasteiger partial charge in [-0.1, -0.05) is 19.3 Å². The lowest BCUT2D eigenvalue weighted by Gasteiger charge is -2.35. The Morgan fingerprint density at radius 3 is 2.70 bits per heavy atom. The normalized spacial score (nSPS) is 26.2. The van der Waals surface area contributed by atoms with Crippen LogP contribution in [0.1, 0.15) is 69.0 Å². The Kier molecular flexibility index (Phi) is 4.14. The average molecular weight is 316 g/mol. The molecule has 2 fully saturated rings. The molecule has 4 rings (SSSR count). The Morgan fingerprint density at radius 1 is 1.09 bits per heavy atom. The second-order valence-corrected chi connectivity index (χ2v) is 7.51. The number of hydrogen-bond donors (Lipinski definition) is 2. The average Bonchev–Trinajstić information content (AvgIpc) is 3.04. The van der Waals surface area contributed by atoms with Gasteiger partial charge in [0.05, 0.1) is 5.69 Å². The Labute approximate surface area is 138 Å². The van der Waals surface area contributed by atoms with Crippen LogP contribution >= 0.6 is 0 Å². The Morgan fingerprint density at radius 2 is 1.91 bits per heavy atom.